The normalized spacial score (nSPS) is 21.8. The molecule has 0 saturated heterocycles. The summed E-state index contributed by atoms with van der Waals surface area (Å²) in [6.45, 7) is 9.34. The maximum atomic E-state index is 2.57. The van der Waals surface area contributed by atoms with E-state index in [1.807, 2.05) is 0 Å². The molecule has 0 aliphatic heterocycles. The van der Waals surface area contributed by atoms with Crippen LogP contribution in [0, 0.1) is 5.92 Å². The molecule has 1 aliphatic carbocycles. The van der Waals surface area contributed by atoms with Crippen LogP contribution in [0.25, 0.3) is 0 Å². The van der Waals surface area contributed by atoms with Gasteiger partial charge in [-0.2, -0.15) is 0 Å². The first-order valence-corrected chi connectivity index (χ1v) is 5.03. The third kappa shape index (κ3) is 1.96. The van der Waals surface area contributed by atoms with Gasteiger partial charge in [0.05, 0.1) is 0 Å². The van der Waals surface area contributed by atoms with E-state index < -0.39 is 0 Å². The van der Waals surface area contributed by atoms with Gasteiger partial charge in [-0.05, 0) is 38.8 Å². The molecule has 1 rings (SSSR count). The minimum Gasteiger partial charge on any atom is -0.301 e. The summed E-state index contributed by atoms with van der Waals surface area (Å²) in [5.41, 5.74) is 0. The first-order chi connectivity index (χ1) is 5.29. The predicted octanol–water partition coefficient (Wildman–Crippen LogP) is 2.52. The SMILES string of the molecule is CCN(CC)C(C)C1CCC1. The first-order valence-electron chi connectivity index (χ1n) is 5.03. The van der Waals surface area contributed by atoms with Gasteiger partial charge in [0.25, 0.3) is 0 Å². The maximum Gasteiger partial charge on any atom is 0.00949 e. The van der Waals surface area contributed by atoms with Crippen molar-refractivity contribution >= 4 is 0 Å². The summed E-state index contributed by atoms with van der Waals surface area (Å²) in [6.07, 6.45) is 4.41. The Labute approximate surface area is 70.8 Å². The van der Waals surface area contributed by atoms with Gasteiger partial charge in [0.1, 0.15) is 0 Å². The van der Waals surface area contributed by atoms with E-state index in [2.05, 4.69) is 25.7 Å². The van der Waals surface area contributed by atoms with E-state index in [-0.39, 0.29) is 0 Å². The minimum absolute atomic E-state index is 0.832. The van der Waals surface area contributed by atoms with Crippen LogP contribution < -0.4 is 0 Å². The average Bonchev–Trinajstić information content (AvgIpc) is 1.86. The van der Waals surface area contributed by atoms with Crippen LogP contribution in [-0.4, -0.2) is 24.0 Å². The molecule has 0 amide bonds. The number of rotatable bonds is 4. The highest BCUT2D eigenvalue weighted by Gasteiger charge is 2.26. The van der Waals surface area contributed by atoms with Crippen molar-refractivity contribution in [3.63, 3.8) is 0 Å². The predicted molar refractivity (Wildman–Crippen MR) is 49.7 cm³/mol. The Hall–Kier alpha value is -0.0400. The zero-order valence-electron chi connectivity index (χ0n) is 8.14. The van der Waals surface area contributed by atoms with E-state index in [0.29, 0.717) is 0 Å². The van der Waals surface area contributed by atoms with Crippen LogP contribution >= 0.6 is 0 Å². The smallest absolute Gasteiger partial charge is 0.00949 e. The highest BCUT2D eigenvalue weighted by Crippen LogP contribution is 2.31. The molecule has 0 radical (unpaired) electrons. The first kappa shape index (κ1) is 9.05. The van der Waals surface area contributed by atoms with Crippen LogP contribution in [0.5, 0.6) is 0 Å². The lowest BCUT2D eigenvalue weighted by Crippen LogP contribution is -2.40. The van der Waals surface area contributed by atoms with E-state index >= 15 is 0 Å². The molecule has 1 heteroatoms. The van der Waals surface area contributed by atoms with Crippen LogP contribution in [0.15, 0.2) is 0 Å². The van der Waals surface area contributed by atoms with Gasteiger partial charge >= 0.3 is 0 Å². The van der Waals surface area contributed by atoms with Gasteiger partial charge in [0.15, 0.2) is 0 Å². The Kier molecular flexibility index (Phi) is 3.38. The van der Waals surface area contributed by atoms with Crippen LogP contribution in [0.4, 0.5) is 0 Å². The molecular formula is C10H21N. The fraction of sp³-hybridized carbons (Fsp3) is 1.00. The molecule has 0 aromatic carbocycles. The standard InChI is InChI=1S/C10H21N/c1-4-11(5-2)9(3)10-7-6-8-10/h9-10H,4-8H2,1-3H3. The number of hydrogen-bond acceptors (Lipinski definition) is 1. The lowest BCUT2D eigenvalue weighted by molar-refractivity contribution is 0.118. The van der Waals surface area contributed by atoms with E-state index in [1.54, 1.807) is 0 Å². The molecule has 66 valence electrons. The summed E-state index contributed by atoms with van der Waals surface area (Å²) in [6, 6.07) is 0.832. The summed E-state index contributed by atoms with van der Waals surface area (Å²) in [7, 11) is 0. The zero-order valence-corrected chi connectivity index (χ0v) is 8.14. The van der Waals surface area contributed by atoms with E-state index in [0.717, 1.165) is 12.0 Å². The maximum absolute atomic E-state index is 2.57. The second-order valence-electron chi connectivity index (χ2n) is 3.65. The van der Waals surface area contributed by atoms with Crippen molar-refractivity contribution in [3.05, 3.63) is 0 Å². The van der Waals surface area contributed by atoms with Gasteiger partial charge in [-0.1, -0.05) is 20.3 Å². The Balaban J connectivity index is 2.30. The fourth-order valence-corrected chi connectivity index (χ4v) is 2.02. The second kappa shape index (κ2) is 4.10. The van der Waals surface area contributed by atoms with E-state index in [4.69, 9.17) is 0 Å². The van der Waals surface area contributed by atoms with E-state index in [1.165, 1.54) is 32.4 Å². The highest BCUT2D eigenvalue weighted by molar-refractivity contribution is 4.80. The molecule has 1 nitrogen and oxygen atoms in total. The molecule has 1 fully saturated rings. The van der Waals surface area contributed by atoms with Gasteiger partial charge in [-0.25, -0.2) is 0 Å². The van der Waals surface area contributed by atoms with Gasteiger partial charge in [0, 0.05) is 6.04 Å². The molecule has 11 heavy (non-hydrogen) atoms. The van der Waals surface area contributed by atoms with Gasteiger partial charge in [-0.15, -0.1) is 0 Å². The van der Waals surface area contributed by atoms with Crippen molar-refractivity contribution in [1.82, 2.24) is 4.90 Å². The van der Waals surface area contributed by atoms with Gasteiger partial charge in [-0.3, -0.25) is 0 Å². The minimum atomic E-state index is 0.832. The van der Waals surface area contributed by atoms with Crippen molar-refractivity contribution in [3.8, 4) is 0 Å². The summed E-state index contributed by atoms with van der Waals surface area (Å²) < 4.78 is 0. The Morgan fingerprint density at radius 2 is 1.82 bits per heavy atom. The van der Waals surface area contributed by atoms with Crippen molar-refractivity contribution in [2.75, 3.05) is 13.1 Å². The van der Waals surface area contributed by atoms with Crippen molar-refractivity contribution in [1.29, 1.82) is 0 Å². The largest absolute Gasteiger partial charge is 0.301 e. The summed E-state index contributed by atoms with van der Waals surface area (Å²) in [4.78, 5) is 2.57. The van der Waals surface area contributed by atoms with Gasteiger partial charge in [0.2, 0.25) is 0 Å². The molecule has 1 atom stereocenters. The Morgan fingerprint density at radius 3 is 2.09 bits per heavy atom. The second-order valence-corrected chi connectivity index (χ2v) is 3.65. The average molecular weight is 155 g/mol. The topological polar surface area (TPSA) is 3.24 Å². The van der Waals surface area contributed by atoms with E-state index in [9.17, 15) is 0 Å². The summed E-state index contributed by atoms with van der Waals surface area (Å²) >= 11 is 0. The lowest BCUT2D eigenvalue weighted by atomic mass is 9.80. The fourth-order valence-electron chi connectivity index (χ4n) is 2.02. The molecule has 0 heterocycles. The van der Waals surface area contributed by atoms with Crippen molar-refractivity contribution < 1.29 is 0 Å². The number of hydrogen-bond donors (Lipinski definition) is 0. The van der Waals surface area contributed by atoms with Crippen LogP contribution in [0.2, 0.25) is 0 Å². The molecular weight excluding hydrogens is 134 g/mol. The van der Waals surface area contributed by atoms with Crippen LogP contribution in [0.3, 0.4) is 0 Å². The molecule has 0 aromatic rings. The highest BCUT2D eigenvalue weighted by atomic mass is 15.1. The Bertz CT molecular complexity index is 103. The van der Waals surface area contributed by atoms with Gasteiger partial charge < -0.3 is 4.90 Å². The number of nitrogens with zero attached hydrogens (tertiary/aromatic N) is 1. The molecule has 1 aliphatic rings. The van der Waals surface area contributed by atoms with Crippen LogP contribution in [-0.2, 0) is 0 Å². The molecule has 1 unspecified atom stereocenters. The molecule has 0 N–H and O–H groups in total. The van der Waals surface area contributed by atoms with Crippen LogP contribution in [0.1, 0.15) is 40.0 Å². The summed E-state index contributed by atoms with van der Waals surface area (Å²) in [5, 5.41) is 0. The zero-order chi connectivity index (χ0) is 8.27. The summed E-state index contributed by atoms with van der Waals surface area (Å²) in [5.74, 6) is 1.01. The Morgan fingerprint density at radius 1 is 1.27 bits per heavy atom. The van der Waals surface area contributed by atoms with Crippen molar-refractivity contribution in [2.24, 2.45) is 5.92 Å². The third-order valence-corrected chi connectivity index (χ3v) is 3.22. The quantitative estimate of drug-likeness (QED) is 0.603. The lowest BCUT2D eigenvalue weighted by Gasteiger charge is -2.38. The van der Waals surface area contributed by atoms with Crippen molar-refractivity contribution in [2.45, 2.75) is 46.1 Å². The molecule has 1 saturated carbocycles. The molecule has 0 bridgehead atoms. The third-order valence-electron chi connectivity index (χ3n) is 3.22. The molecule has 0 spiro atoms. The monoisotopic (exact) mass is 155 g/mol. The molecule has 0 aromatic heterocycles.